The van der Waals surface area contributed by atoms with Gasteiger partial charge in [-0.05, 0) is 39.8 Å². The summed E-state index contributed by atoms with van der Waals surface area (Å²) in [5.74, 6) is -24.0. The molecule has 0 saturated heterocycles. The number of carbonyl (C=O) groups is 8. The van der Waals surface area contributed by atoms with Gasteiger partial charge in [-0.1, -0.05) is 91.8 Å². The van der Waals surface area contributed by atoms with Crippen LogP contribution in [0.4, 0.5) is 11.4 Å². The molecule has 6 aliphatic rings. The van der Waals surface area contributed by atoms with Crippen LogP contribution in [0.1, 0.15) is 146 Å². The highest BCUT2D eigenvalue weighted by atomic mass is 16.7. The minimum absolute atomic E-state index is 0.0502. The lowest BCUT2D eigenvalue weighted by Gasteiger charge is -2.38. The van der Waals surface area contributed by atoms with E-state index in [4.69, 9.17) is 37.9 Å². The molecule has 4 aromatic carbocycles. The Labute approximate surface area is 639 Å². The van der Waals surface area contributed by atoms with Gasteiger partial charge in [0, 0.05) is 122 Å². The van der Waals surface area contributed by atoms with Crippen molar-refractivity contribution in [2.75, 3.05) is 24.9 Å². The summed E-state index contributed by atoms with van der Waals surface area (Å²) < 4.78 is 47.3. The highest BCUT2D eigenvalue weighted by Gasteiger charge is 2.52. The normalized spacial score (nSPS) is 31.0. The van der Waals surface area contributed by atoms with Gasteiger partial charge in [0.2, 0.25) is 11.8 Å². The minimum atomic E-state index is -2.28. The molecule has 0 aliphatic carbocycles. The van der Waals surface area contributed by atoms with Gasteiger partial charge in [0.15, 0.2) is 11.5 Å². The average molecular weight is 1550 g/mol. The number of esters is 2. The minimum Gasteiger partial charge on any atom is -0.507 e. The molecule has 10 rings (SSSR count). The lowest BCUT2D eigenvalue weighted by atomic mass is 9.78. The smallest absolute Gasteiger partial charge is 0.312 e. The van der Waals surface area contributed by atoms with Crippen molar-refractivity contribution in [3.05, 3.63) is 106 Å². The van der Waals surface area contributed by atoms with E-state index in [0.717, 1.165) is 25.0 Å². The van der Waals surface area contributed by atoms with Crippen LogP contribution in [0.2, 0.25) is 0 Å². The Balaban J connectivity index is 1.15. The number of hydrogen-bond donors (Lipinski definition) is 14. The van der Waals surface area contributed by atoms with E-state index >= 15 is 0 Å². The fraction of sp³-hybridized carbons (Fsp3) is 0.468. The number of allylic oxidation sites excluding steroid dienone is 4. The molecule has 111 heavy (non-hydrogen) atoms. The van der Waals surface area contributed by atoms with Crippen molar-refractivity contribution in [2.45, 2.75) is 178 Å². The van der Waals surface area contributed by atoms with Crippen molar-refractivity contribution in [3.8, 4) is 46.0 Å². The highest BCUT2D eigenvalue weighted by molar-refractivity contribution is 6.25. The molecule has 0 spiro atoms. The Kier molecular flexibility index (Phi) is 26.7. The number of hydrogen-bond acceptors (Lipinski definition) is 28. The lowest BCUT2D eigenvalue weighted by Crippen LogP contribution is -2.46. The molecule has 14 N–H and O–H groups in total. The van der Waals surface area contributed by atoms with E-state index in [0.29, 0.717) is 0 Å². The maximum absolute atomic E-state index is 14.8. The van der Waals surface area contributed by atoms with Gasteiger partial charge >= 0.3 is 23.5 Å². The third kappa shape index (κ3) is 17.2. The Morgan fingerprint density at radius 1 is 0.495 bits per heavy atom. The van der Waals surface area contributed by atoms with Gasteiger partial charge in [0.05, 0.1) is 106 Å². The number of methoxy groups -OCH3 is 2. The van der Waals surface area contributed by atoms with Gasteiger partial charge in [-0.25, -0.2) is 10.9 Å². The number of nitrogens with zero attached hydrogens (tertiary/aromatic N) is 2. The Hall–Kier alpha value is -10.9. The quantitative estimate of drug-likeness (QED) is 0.0180. The predicted molar refractivity (Wildman–Crippen MR) is 404 cm³/mol. The number of amides is 4. The molecule has 0 aromatic heterocycles. The summed E-state index contributed by atoms with van der Waals surface area (Å²) in [4.78, 5) is 110. The Morgan fingerprint density at radius 3 is 1.16 bits per heavy atom. The van der Waals surface area contributed by atoms with Gasteiger partial charge in [0.1, 0.15) is 53.1 Å². The Morgan fingerprint density at radius 2 is 0.838 bits per heavy atom. The number of phenolic OH excluding ortho intramolecular Hbond substituents is 6. The predicted octanol–water partition coefficient (Wildman–Crippen LogP) is 7.81. The number of aliphatic hydroxyl groups is 4. The summed E-state index contributed by atoms with van der Waals surface area (Å²) >= 11 is 0. The second-order valence-electron chi connectivity index (χ2n) is 29.0. The molecule has 0 unspecified atom stereocenters. The van der Waals surface area contributed by atoms with Crippen LogP contribution in [-0.2, 0) is 57.2 Å². The van der Waals surface area contributed by atoms with E-state index < -0.39 is 251 Å². The zero-order valence-corrected chi connectivity index (χ0v) is 64.8. The van der Waals surface area contributed by atoms with Crippen molar-refractivity contribution in [2.24, 2.45) is 57.5 Å². The number of aromatic hydroxyl groups is 6. The molecule has 10 bridgehead atoms. The molecule has 4 aromatic rings. The van der Waals surface area contributed by atoms with E-state index in [9.17, 15) is 89.4 Å². The van der Waals surface area contributed by atoms with Crippen LogP contribution >= 0.6 is 0 Å². The third-order valence-corrected chi connectivity index (χ3v) is 21.2. The number of benzene rings is 4. The molecule has 0 saturated carbocycles. The molecular formula is C79H98N6O26. The van der Waals surface area contributed by atoms with Crippen LogP contribution < -0.4 is 31.0 Å². The number of hydrazone groups is 2. The number of ketones is 2. The summed E-state index contributed by atoms with van der Waals surface area (Å²) in [5.41, 5.74) is 0.432. The molecule has 4 amide bonds. The molecule has 600 valence electrons. The van der Waals surface area contributed by atoms with Crippen LogP contribution in [0.15, 0.2) is 82.5 Å². The summed E-state index contributed by atoms with van der Waals surface area (Å²) in [5, 5.41) is 130. The van der Waals surface area contributed by atoms with Gasteiger partial charge in [-0.3, -0.25) is 38.4 Å². The van der Waals surface area contributed by atoms with Gasteiger partial charge < -0.3 is 99.6 Å². The number of nitrogens with one attached hydrogen (secondary N) is 4. The first-order valence-corrected chi connectivity index (χ1v) is 35.8. The molecule has 32 nitrogen and oxygen atoms in total. The molecule has 18 atom stereocenters. The first-order chi connectivity index (χ1) is 52.0. The van der Waals surface area contributed by atoms with Crippen molar-refractivity contribution in [3.63, 3.8) is 0 Å². The van der Waals surface area contributed by atoms with Crippen LogP contribution in [0.3, 0.4) is 0 Å². The molecule has 6 aliphatic heterocycles. The number of aliphatic hydroxyl groups excluding tert-OH is 4. The highest BCUT2D eigenvalue weighted by Crippen LogP contribution is 2.57. The van der Waals surface area contributed by atoms with Crippen molar-refractivity contribution in [1.82, 2.24) is 10.9 Å². The SMILES string of the molecule is CO[C@H]1C=CO[C@@]2(C)Oc3c(C)c(O)c4c(O)c(c(/C=N/NC(=O)CC(=O)N/N=C\c5c6c(O)c7c(O)c(C)c8c(c7c5O)C(=O)[C@@](C)(O/C=C\[C@H](OC)[C@@H](C)[C@@H](OC(C)=O)[C@H](C)[C@H](O)[C@H](C)[C@@H](O)[C@@H](C)/C=C\C=C(\C)C(=O)N6)O8)c(O)c4c3C2=O)NC(=O)/C(C)=C\C=C/[C@H](C)[C@H](O)[C@@H](C)[C@@H](O)[C@@H](C)[C@H](OC(C)=O)[C@@H]1C. The van der Waals surface area contributed by atoms with E-state index in [2.05, 4.69) is 31.7 Å². The fourth-order valence-corrected chi connectivity index (χ4v) is 14.3. The number of ether oxygens (including phenoxy) is 8. The van der Waals surface area contributed by atoms with Crippen LogP contribution in [-0.4, -0.2) is 185 Å². The average Bonchev–Trinajstić information content (AvgIpc) is 1.62. The summed E-state index contributed by atoms with van der Waals surface area (Å²) in [6.07, 6.45) is 5.13. The maximum Gasteiger partial charge on any atom is 0.312 e. The number of fused-ring (bicyclic) bond motifs is 28. The van der Waals surface area contributed by atoms with Gasteiger partial charge in [0.25, 0.3) is 23.4 Å². The first kappa shape index (κ1) is 85.7. The second-order valence-corrected chi connectivity index (χ2v) is 29.0. The molecule has 0 fully saturated rings. The molecular weight excluding hydrogens is 1450 g/mol. The van der Waals surface area contributed by atoms with Gasteiger partial charge in [-0.15, -0.1) is 0 Å². The number of anilines is 2. The van der Waals surface area contributed by atoms with Crippen LogP contribution in [0, 0.1) is 61.2 Å². The third-order valence-electron chi connectivity index (χ3n) is 21.2. The topological polar surface area (TPSA) is 486 Å². The number of Topliss-reactive ketones (excluding diaryl/α,β-unsaturated/α-hetero) is 2. The van der Waals surface area contributed by atoms with Crippen LogP contribution in [0.5, 0.6) is 46.0 Å². The molecule has 32 heteroatoms. The molecule has 0 radical (unpaired) electrons. The molecule has 6 heterocycles. The van der Waals surface area contributed by atoms with E-state index in [1.165, 1.54) is 106 Å². The zero-order valence-electron chi connectivity index (χ0n) is 64.8. The number of rotatable bonds is 10. The van der Waals surface area contributed by atoms with E-state index in [1.54, 1.807) is 67.5 Å². The summed E-state index contributed by atoms with van der Waals surface area (Å²) in [6.45, 7) is 23.4. The first-order valence-electron chi connectivity index (χ1n) is 35.8. The van der Waals surface area contributed by atoms with Crippen molar-refractivity contribution >= 4 is 92.5 Å². The van der Waals surface area contributed by atoms with Crippen molar-refractivity contribution < 1.29 is 127 Å². The second kappa shape index (κ2) is 34.6. The summed E-state index contributed by atoms with van der Waals surface area (Å²) in [6, 6.07) is 0. The maximum atomic E-state index is 14.8. The van der Waals surface area contributed by atoms with E-state index in [1.807, 2.05) is 0 Å². The van der Waals surface area contributed by atoms with Crippen molar-refractivity contribution in [1.29, 1.82) is 0 Å². The summed E-state index contributed by atoms with van der Waals surface area (Å²) in [7, 11) is 2.72. The standard InChI is InChI=1S/C79H98N6O26/c1-32-21-19-23-34(3)76(102)82-58-46(66(96)52-54(68(58)98)64(94)42(11)72-56(52)74(100)78(15,110-72)106-27-25-48(104-17)36(5)70(108-44(13)86)40(9)62(92)38(7)60(32)90)30-80-84-50(88)29-51(89)85-81-31-47-59-69(99)55-53(67(47)97)57-73(43(12)65(55)95)111-79(16,75(57)101)107-28-26-49(105-18)37(6)71(109-45(14)87)41(10)63(93)39(8)61(91)33(2)22-20-24-35(4)77(103)83-59/h19-28,30-33,36-41,48-49,60-63,70-71,90-99H,29H2,1-18H3,(H,82,102)(H,83,103)(H,84,88)(H,85,89)/b21-19-,22-20-,27-25-,28-26?,34-23-,35-24-,80-30-,81-31+/t32-,33-,36+,37+,38+,39+,40+,41+,48-,49-,60-,61-,62+,63+,70+,71+,78-,79-/m0/s1. The number of carbonyl (C=O) groups excluding carboxylic acids is 8. The largest absolute Gasteiger partial charge is 0.507 e. The van der Waals surface area contributed by atoms with Crippen LogP contribution in [0.25, 0.3) is 21.5 Å². The number of phenols is 6. The fourth-order valence-electron chi connectivity index (χ4n) is 14.3. The van der Waals surface area contributed by atoms with E-state index in [-0.39, 0.29) is 33.8 Å². The lowest BCUT2D eigenvalue weighted by molar-refractivity contribution is -0.161. The van der Waals surface area contributed by atoms with Gasteiger partial charge in [-0.2, -0.15) is 10.2 Å². The Bertz CT molecular complexity index is 4350. The monoisotopic (exact) mass is 1550 g/mol. The zero-order chi connectivity index (χ0) is 82.6.